The van der Waals surface area contributed by atoms with Gasteiger partial charge < -0.3 is 10.5 Å². The lowest BCUT2D eigenvalue weighted by Gasteiger charge is -2.07. The Morgan fingerprint density at radius 1 is 1.36 bits per heavy atom. The van der Waals surface area contributed by atoms with Gasteiger partial charge in [0.15, 0.2) is 0 Å². The molecule has 0 aromatic heterocycles. The van der Waals surface area contributed by atoms with Crippen LogP contribution in [0.25, 0.3) is 0 Å². The first-order chi connectivity index (χ1) is 6.59. The van der Waals surface area contributed by atoms with Crippen LogP contribution in [-0.4, -0.2) is 12.6 Å². The third-order valence-corrected chi connectivity index (χ3v) is 2.37. The molecule has 0 radical (unpaired) electrons. The maximum Gasteiger partial charge on any atom is 0.0718 e. The Balaban J connectivity index is 2.47. The monoisotopic (exact) mass is 233 g/mol. The van der Waals surface area contributed by atoms with Crippen molar-refractivity contribution in [1.82, 2.24) is 0 Å². The number of nitrogens with two attached hydrogens (primary N) is 1. The predicted molar refractivity (Wildman–Crippen MR) is 59.8 cm³/mol. The Labute approximate surface area is 94.0 Å². The summed E-state index contributed by atoms with van der Waals surface area (Å²) in [7, 11) is 0. The highest BCUT2D eigenvalue weighted by atomic mass is 35.5. The zero-order valence-corrected chi connectivity index (χ0v) is 9.48. The molecule has 0 saturated heterocycles. The van der Waals surface area contributed by atoms with E-state index < -0.39 is 0 Å². The summed E-state index contributed by atoms with van der Waals surface area (Å²) in [6.45, 7) is 2.95. The van der Waals surface area contributed by atoms with Crippen LogP contribution in [0, 0.1) is 0 Å². The molecule has 0 aliphatic heterocycles. The zero-order valence-electron chi connectivity index (χ0n) is 7.97. The second kappa shape index (κ2) is 5.56. The maximum absolute atomic E-state index is 5.84. The minimum absolute atomic E-state index is 0.0535. The smallest absolute Gasteiger partial charge is 0.0718 e. The molecule has 1 aromatic carbocycles. The van der Waals surface area contributed by atoms with Crippen molar-refractivity contribution < 1.29 is 4.74 Å². The molecule has 4 heteroatoms. The maximum atomic E-state index is 5.84. The predicted octanol–water partition coefficient (Wildman–Crippen LogP) is 2.86. The molecule has 1 rings (SSSR count). The average Bonchev–Trinajstić information content (AvgIpc) is 2.10. The van der Waals surface area contributed by atoms with Gasteiger partial charge in [-0.1, -0.05) is 29.3 Å². The molecule has 1 aromatic rings. The lowest BCUT2D eigenvalue weighted by Crippen LogP contribution is -2.21. The lowest BCUT2D eigenvalue weighted by molar-refractivity contribution is 0.111. The molecule has 78 valence electrons. The van der Waals surface area contributed by atoms with E-state index in [1.165, 1.54) is 0 Å². The summed E-state index contributed by atoms with van der Waals surface area (Å²) in [5.74, 6) is 0. The summed E-state index contributed by atoms with van der Waals surface area (Å²) in [5.41, 5.74) is 6.54. The molecule has 1 atom stereocenters. The molecule has 0 saturated carbocycles. The summed E-state index contributed by atoms with van der Waals surface area (Å²) in [5, 5.41) is 1.11. The van der Waals surface area contributed by atoms with Crippen LogP contribution in [0.4, 0.5) is 0 Å². The van der Waals surface area contributed by atoms with Crippen LogP contribution in [-0.2, 0) is 11.3 Å². The molecule has 0 aliphatic rings. The number of halogens is 2. The van der Waals surface area contributed by atoms with Gasteiger partial charge in [0.2, 0.25) is 0 Å². The van der Waals surface area contributed by atoms with Gasteiger partial charge in [0.25, 0.3) is 0 Å². The molecular weight excluding hydrogens is 221 g/mol. The molecule has 0 aliphatic carbocycles. The van der Waals surface area contributed by atoms with Crippen molar-refractivity contribution in [2.24, 2.45) is 5.73 Å². The van der Waals surface area contributed by atoms with Crippen LogP contribution in [0.1, 0.15) is 12.5 Å². The average molecular weight is 234 g/mol. The third kappa shape index (κ3) is 3.84. The molecule has 2 N–H and O–H groups in total. The first-order valence-electron chi connectivity index (χ1n) is 4.37. The quantitative estimate of drug-likeness (QED) is 0.869. The third-order valence-electron chi connectivity index (χ3n) is 1.63. The molecule has 14 heavy (non-hydrogen) atoms. The largest absolute Gasteiger partial charge is 0.375 e. The van der Waals surface area contributed by atoms with Crippen LogP contribution in [0.3, 0.4) is 0 Å². The molecular formula is C10H13Cl2NO. The van der Waals surface area contributed by atoms with E-state index in [1.54, 1.807) is 12.1 Å². The Kier molecular flexibility index (Phi) is 4.69. The summed E-state index contributed by atoms with van der Waals surface area (Å²) in [6.07, 6.45) is 0. The number of rotatable bonds is 4. The van der Waals surface area contributed by atoms with E-state index in [4.69, 9.17) is 33.7 Å². The van der Waals surface area contributed by atoms with Crippen molar-refractivity contribution in [2.45, 2.75) is 19.6 Å². The van der Waals surface area contributed by atoms with Crippen LogP contribution in [0.15, 0.2) is 18.2 Å². The van der Waals surface area contributed by atoms with E-state index in [1.807, 2.05) is 13.0 Å². The standard InChI is InChI=1S/C10H13Cl2NO/c1-7(13)5-14-6-8-2-3-9(11)10(12)4-8/h2-4,7H,5-6,13H2,1H3/t7-/m0/s1. The number of hydrogen-bond acceptors (Lipinski definition) is 2. The Morgan fingerprint density at radius 3 is 2.64 bits per heavy atom. The van der Waals surface area contributed by atoms with Gasteiger partial charge in [0.05, 0.1) is 23.3 Å². The summed E-state index contributed by atoms with van der Waals surface area (Å²) >= 11 is 11.6. The van der Waals surface area contributed by atoms with E-state index in [9.17, 15) is 0 Å². The second-order valence-electron chi connectivity index (χ2n) is 3.24. The fraction of sp³-hybridized carbons (Fsp3) is 0.400. The van der Waals surface area contributed by atoms with Gasteiger partial charge >= 0.3 is 0 Å². The van der Waals surface area contributed by atoms with E-state index in [2.05, 4.69) is 0 Å². The fourth-order valence-electron chi connectivity index (χ4n) is 0.992. The van der Waals surface area contributed by atoms with Crippen molar-refractivity contribution in [1.29, 1.82) is 0 Å². The Morgan fingerprint density at radius 2 is 2.07 bits per heavy atom. The van der Waals surface area contributed by atoms with Crippen molar-refractivity contribution >= 4 is 23.2 Å². The summed E-state index contributed by atoms with van der Waals surface area (Å²) < 4.78 is 5.35. The summed E-state index contributed by atoms with van der Waals surface area (Å²) in [6, 6.07) is 5.49. The molecule has 0 spiro atoms. The van der Waals surface area contributed by atoms with Crippen LogP contribution >= 0.6 is 23.2 Å². The molecule has 0 amide bonds. The van der Waals surface area contributed by atoms with Crippen LogP contribution in [0.5, 0.6) is 0 Å². The van der Waals surface area contributed by atoms with Gasteiger partial charge in [-0.25, -0.2) is 0 Å². The van der Waals surface area contributed by atoms with E-state index in [-0.39, 0.29) is 6.04 Å². The molecule has 0 heterocycles. The highest BCUT2D eigenvalue weighted by Crippen LogP contribution is 2.22. The Bertz CT molecular complexity index is 302. The molecule has 0 bridgehead atoms. The highest BCUT2D eigenvalue weighted by Gasteiger charge is 2.00. The van der Waals surface area contributed by atoms with Gasteiger partial charge in [-0.2, -0.15) is 0 Å². The van der Waals surface area contributed by atoms with Gasteiger partial charge in [-0.15, -0.1) is 0 Å². The molecule has 0 fully saturated rings. The highest BCUT2D eigenvalue weighted by molar-refractivity contribution is 6.41. The van der Waals surface area contributed by atoms with Gasteiger partial charge in [-0.05, 0) is 24.6 Å². The SMILES string of the molecule is C[C@H](N)COCc1ccc(Cl)c(Cl)c1. The van der Waals surface area contributed by atoms with Crippen LogP contribution in [0.2, 0.25) is 10.0 Å². The first kappa shape index (κ1) is 11.8. The Hall–Kier alpha value is -0.280. The minimum Gasteiger partial charge on any atom is -0.375 e. The molecule has 2 nitrogen and oxygen atoms in total. The van der Waals surface area contributed by atoms with E-state index >= 15 is 0 Å². The van der Waals surface area contributed by atoms with Gasteiger partial charge in [0, 0.05) is 6.04 Å². The zero-order chi connectivity index (χ0) is 10.6. The van der Waals surface area contributed by atoms with Gasteiger partial charge in [0.1, 0.15) is 0 Å². The first-order valence-corrected chi connectivity index (χ1v) is 5.12. The normalized spacial score (nSPS) is 12.9. The second-order valence-corrected chi connectivity index (χ2v) is 4.06. The van der Waals surface area contributed by atoms with Gasteiger partial charge in [-0.3, -0.25) is 0 Å². The van der Waals surface area contributed by atoms with Crippen molar-refractivity contribution in [3.8, 4) is 0 Å². The van der Waals surface area contributed by atoms with Crippen molar-refractivity contribution in [3.05, 3.63) is 33.8 Å². The van der Waals surface area contributed by atoms with Crippen molar-refractivity contribution in [3.63, 3.8) is 0 Å². The lowest BCUT2D eigenvalue weighted by atomic mass is 10.2. The summed E-state index contributed by atoms with van der Waals surface area (Å²) in [4.78, 5) is 0. The topological polar surface area (TPSA) is 35.2 Å². The number of hydrogen-bond donors (Lipinski definition) is 1. The number of benzene rings is 1. The minimum atomic E-state index is 0.0535. The van der Waals surface area contributed by atoms with E-state index in [0.717, 1.165) is 5.56 Å². The fourth-order valence-corrected chi connectivity index (χ4v) is 1.31. The van der Waals surface area contributed by atoms with E-state index in [0.29, 0.717) is 23.3 Å². The van der Waals surface area contributed by atoms with Crippen molar-refractivity contribution in [2.75, 3.05) is 6.61 Å². The molecule has 0 unspecified atom stereocenters. The van der Waals surface area contributed by atoms with Crippen LogP contribution < -0.4 is 5.73 Å². The number of ether oxygens (including phenoxy) is 1.